The lowest BCUT2D eigenvalue weighted by Gasteiger charge is -2.13. The minimum atomic E-state index is -3.74. The lowest BCUT2D eigenvalue weighted by molar-refractivity contribution is -0.121. The van der Waals surface area contributed by atoms with Crippen molar-refractivity contribution < 1.29 is 18.0 Å². The van der Waals surface area contributed by atoms with E-state index in [-0.39, 0.29) is 16.5 Å². The average Bonchev–Trinajstić information content (AvgIpc) is 3.07. The molecule has 2 rings (SSSR count). The fraction of sp³-hybridized carbons (Fsp3) is 0.438. The van der Waals surface area contributed by atoms with Crippen molar-refractivity contribution in [1.29, 1.82) is 5.26 Å². The zero-order valence-electron chi connectivity index (χ0n) is 13.3. The van der Waals surface area contributed by atoms with Gasteiger partial charge in [0.15, 0.2) is 11.7 Å². The molecule has 1 atom stereocenters. The minimum absolute atomic E-state index is 0.0134. The standard InChI is InChI=1S/C16H19N3O4S/c1-18-16(21)14(10-17)15(20)11-5-4-8-13(9-11)24(22,23)19-12-6-2-3-7-12/h4-5,8-9,12,14,19H,2-3,6-7H2,1H3,(H,18,21)/t14-/m1/s1. The number of hydrogen-bond donors (Lipinski definition) is 2. The normalized spacial score (nSPS) is 16.3. The topological polar surface area (TPSA) is 116 Å². The third-order valence-corrected chi connectivity index (χ3v) is 5.52. The van der Waals surface area contributed by atoms with Crippen LogP contribution in [0.15, 0.2) is 29.2 Å². The predicted molar refractivity (Wildman–Crippen MR) is 86.5 cm³/mol. The number of hydrogen-bond acceptors (Lipinski definition) is 5. The Hall–Kier alpha value is -2.24. The zero-order chi connectivity index (χ0) is 17.7. The molecule has 0 bridgehead atoms. The van der Waals surface area contributed by atoms with Crippen molar-refractivity contribution in [2.75, 3.05) is 7.05 Å². The summed E-state index contributed by atoms with van der Waals surface area (Å²) in [6.07, 6.45) is 3.57. The van der Waals surface area contributed by atoms with Gasteiger partial charge in [0.2, 0.25) is 15.9 Å². The van der Waals surface area contributed by atoms with Gasteiger partial charge in [-0.25, -0.2) is 13.1 Å². The van der Waals surface area contributed by atoms with Crippen LogP contribution in [0, 0.1) is 17.2 Å². The summed E-state index contributed by atoms with van der Waals surface area (Å²) in [4.78, 5) is 23.8. The predicted octanol–water partition coefficient (Wildman–Crippen LogP) is 0.976. The van der Waals surface area contributed by atoms with Crippen LogP contribution in [0.4, 0.5) is 0 Å². The maximum Gasteiger partial charge on any atom is 0.245 e. The van der Waals surface area contributed by atoms with Crippen molar-refractivity contribution >= 4 is 21.7 Å². The van der Waals surface area contributed by atoms with E-state index in [4.69, 9.17) is 5.26 Å². The summed E-state index contributed by atoms with van der Waals surface area (Å²) >= 11 is 0. The lowest BCUT2D eigenvalue weighted by atomic mass is 9.98. The highest BCUT2D eigenvalue weighted by Gasteiger charge is 2.28. The first kappa shape index (κ1) is 18.1. The van der Waals surface area contributed by atoms with Gasteiger partial charge < -0.3 is 5.32 Å². The van der Waals surface area contributed by atoms with Crippen molar-refractivity contribution in [3.8, 4) is 6.07 Å². The van der Waals surface area contributed by atoms with Gasteiger partial charge in [0.1, 0.15) is 0 Å². The number of benzene rings is 1. The molecule has 1 aromatic rings. The Morgan fingerprint density at radius 1 is 1.29 bits per heavy atom. The summed E-state index contributed by atoms with van der Waals surface area (Å²) in [7, 11) is -2.42. The fourth-order valence-electron chi connectivity index (χ4n) is 2.69. The first-order chi connectivity index (χ1) is 11.4. The Morgan fingerprint density at radius 3 is 2.54 bits per heavy atom. The SMILES string of the molecule is CNC(=O)[C@H](C#N)C(=O)c1cccc(S(=O)(=O)NC2CCCC2)c1. The summed E-state index contributed by atoms with van der Waals surface area (Å²) in [5.41, 5.74) is 0.0134. The van der Waals surface area contributed by atoms with E-state index < -0.39 is 27.6 Å². The van der Waals surface area contributed by atoms with E-state index in [1.165, 1.54) is 31.3 Å². The van der Waals surface area contributed by atoms with Crippen LogP contribution in [0.5, 0.6) is 0 Å². The largest absolute Gasteiger partial charge is 0.358 e. The maximum absolute atomic E-state index is 12.4. The molecule has 1 amide bonds. The summed E-state index contributed by atoms with van der Waals surface area (Å²) in [5.74, 6) is -2.95. The molecule has 1 aromatic carbocycles. The molecule has 24 heavy (non-hydrogen) atoms. The van der Waals surface area contributed by atoms with Gasteiger partial charge >= 0.3 is 0 Å². The highest BCUT2D eigenvalue weighted by atomic mass is 32.2. The Labute approximate surface area is 141 Å². The lowest BCUT2D eigenvalue weighted by Crippen LogP contribution is -2.33. The number of ketones is 1. The molecular weight excluding hydrogens is 330 g/mol. The van der Waals surface area contributed by atoms with Gasteiger partial charge in [-0.05, 0) is 25.0 Å². The summed E-state index contributed by atoms with van der Waals surface area (Å²) in [5, 5.41) is 11.3. The molecule has 0 unspecified atom stereocenters. The smallest absolute Gasteiger partial charge is 0.245 e. The third kappa shape index (κ3) is 3.99. The monoisotopic (exact) mass is 349 g/mol. The molecule has 0 aromatic heterocycles. The molecule has 2 N–H and O–H groups in total. The van der Waals surface area contributed by atoms with Crippen molar-refractivity contribution in [1.82, 2.24) is 10.0 Å². The Balaban J connectivity index is 2.26. The van der Waals surface area contributed by atoms with Crippen LogP contribution in [0.2, 0.25) is 0 Å². The molecule has 0 heterocycles. The molecule has 7 nitrogen and oxygen atoms in total. The molecule has 0 aliphatic heterocycles. The second kappa shape index (κ2) is 7.55. The summed E-state index contributed by atoms with van der Waals surface area (Å²) in [6.45, 7) is 0. The molecule has 1 fully saturated rings. The molecule has 0 spiro atoms. The molecule has 1 aliphatic carbocycles. The first-order valence-corrected chi connectivity index (χ1v) is 9.15. The number of nitrogens with one attached hydrogen (secondary N) is 2. The molecule has 0 saturated heterocycles. The van der Waals surface area contributed by atoms with E-state index in [0.29, 0.717) is 0 Å². The number of sulfonamides is 1. The number of amides is 1. The number of nitriles is 1. The van der Waals surface area contributed by atoms with Gasteiger partial charge in [0.05, 0.1) is 11.0 Å². The number of Topliss-reactive ketones (excluding diaryl/α,β-unsaturated/α-hetero) is 1. The molecule has 8 heteroatoms. The number of nitrogens with zero attached hydrogens (tertiary/aromatic N) is 1. The van der Waals surface area contributed by atoms with Crippen LogP contribution in [0.1, 0.15) is 36.0 Å². The maximum atomic E-state index is 12.4. The average molecular weight is 349 g/mol. The quantitative estimate of drug-likeness (QED) is 0.586. The van der Waals surface area contributed by atoms with E-state index >= 15 is 0 Å². The van der Waals surface area contributed by atoms with Gasteiger partial charge in [-0.1, -0.05) is 25.0 Å². The third-order valence-electron chi connectivity index (χ3n) is 4.01. The Bertz CT molecular complexity index is 777. The molecular formula is C16H19N3O4S. The van der Waals surface area contributed by atoms with Gasteiger partial charge in [-0.2, -0.15) is 5.26 Å². The molecule has 0 radical (unpaired) electrons. The number of carbonyl (C=O) groups is 2. The van der Waals surface area contributed by atoms with Crippen LogP contribution in [0.3, 0.4) is 0 Å². The zero-order valence-corrected chi connectivity index (χ0v) is 14.1. The summed E-state index contributed by atoms with van der Waals surface area (Å²) < 4.78 is 27.5. The second-order valence-corrected chi connectivity index (χ2v) is 7.39. The Morgan fingerprint density at radius 2 is 1.96 bits per heavy atom. The van der Waals surface area contributed by atoms with E-state index in [2.05, 4.69) is 10.0 Å². The fourth-order valence-corrected chi connectivity index (χ4v) is 4.05. The van der Waals surface area contributed by atoms with E-state index in [1.807, 2.05) is 0 Å². The van der Waals surface area contributed by atoms with Crippen molar-refractivity contribution in [2.45, 2.75) is 36.6 Å². The van der Waals surface area contributed by atoms with Crippen LogP contribution in [-0.4, -0.2) is 33.2 Å². The van der Waals surface area contributed by atoms with Gasteiger partial charge in [-0.15, -0.1) is 0 Å². The Kier molecular flexibility index (Phi) is 5.70. The highest BCUT2D eigenvalue weighted by molar-refractivity contribution is 7.89. The van der Waals surface area contributed by atoms with Crippen molar-refractivity contribution in [2.24, 2.45) is 5.92 Å². The molecule has 1 saturated carbocycles. The van der Waals surface area contributed by atoms with Crippen molar-refractivity contribution in [3.63, 3.8) is 0 Å². The van der Waals surface area contributed by atoms with Crippen molar-refractivity contribution in [3.05, 3.63) is 29.8 Å². The van der Waals surface area contributed by atoms with Gasteiger partial charge in [0, 0.05) is 18.7 Å². The van der Waals surface area contributed by atoms with E-state index in [9.17, 15) is 18.0 Å². The van der Waals surface area contributed by atoms with E-state index in [0.717, 1.165) is 25.7 Å². The first-order valence-electron chi connectivity index (χ1n) is 7.67. The highest BCUT2D eigenvalue weighted by Crippen LogP contribution is 2.21. The van der Waals surface area contributed by atoms with Gasteiger partial charge in [-0.3, -0.25) is 9.59 Å². The van der Waals surface area contributed by atoms with Crippen LogP contribution >= 0.6 is 0 Å². The van der Waals surface area contributed by atoms with Gasteiger partial charge in [0.25, 0.3) is 0 Å². The number of rotatable bonds is 6. The second-order valence-electron chi connectivity index (χ2n) is 5.67. The minimum Gasteiger partial charge on any atom is -0.358 e. The van der Waals surface area contributed by atoms with Crippen LogP contribution in [-0.2, 0) is 14.8 Å². The molecule has 1 aliphatic rings. The van der Waals surface area contributed by atoms with Crippen LogP contribution in [0.25, 0.3) is 0 Å². The van der Waals surface area contributed by atoms with Crippen LogP contribution < -0.4 is 10.0 Å². The van der Waals surface area contributed by atoms with E-state index in [1.54, 1.807) is 6.07 Å². The number of carbonyl (C=O) groups excluding carboxylic acids is 2. The molecule has 128 valence electrons. The summed E-state index contributed by atoms with van der Waals surface area (Å²) in [6, 6.07) is 6.95.